The fourth-order valence-corrected chi connectivity index (χ4v) is 4.92. The number of benzene rings is 4. The van der Waals surface area contributed by atoms with Crippen LogP contribution in [-0.4, -0.2) is 45.9 Å². The number of hydrogen-bond acceptors (Lipinski definition) is 9. The zero-order valence-corrected chi connectivity index (χ0v) is 28.2. The summed E-state index contributed by atoms with van der Waals surface area (Å²) in [4.78, 5) is 61.5. The minimum absolute atomic E-state index is 0.000921. The molecule has 4 aromatic carbocycles. The number of halogens is 2. The van der Waals surface area contributed by atoms with E-state index in [2.05, 4.69) is 31.7 Å². The molecule has 14 heteroatoms. The fourth-order valence-electron chi connectivity index (χ4n) is 4.48. The van der Waals surface area contributed by atoms with Crippen molar-refractivity contribution in [1.29, 1.82) is 0 Å². The van der Waals surface area contributed by atoms with Gasteiger partial charge in [0.25, 0.3) is 11.8 Å². The normalized spacial score (nSPS) is 11.4. The highest BCUT2D eigenvalue weighted by molar-refractivity contribution is 6.68. The highest BCUT2D eigenvalue weighted by Gasteiger charge is 2.21. The van der Waals surface area contributed by atoms with Crippen molar-refractivity contribution in [2.45, 2.75) is 27.7 Å². The lowest BCUT2D eigenvalue weighted by Crippen LogP contribution is -2.30. The van der Waals surface area contributed by atoms with Crippen molar-refractivity contribution in [2.75, 3.05) is 21.5 Å². The number of hydrogen-bond donors (Lipinski definition) is 5. The molecule has 0 fully saturated rings. The Morgan fingerprint density at radius 2 is 1.08 bits per heavy atom. The molecule has 0 atom stereocenters. The Kier molecular flexibility index (Phi) is 11.6. The standard InChI is InChI=1S/C35H30Cl2N6O6/c1-18-9-12-27(19(2)15-18)38-33(46)31(20(3)44)42-40-29-13-10-22(16-25(29)36)23-11-14-30(26(37)17-23)41-43-32(21(4)45)34(47)39-28-8-6-5-7-24(28)35(48)49/h5-17,40-41H,1-4H3,(H,38,46)(H,39,47)(H,48,49)/b42-31-,43-32?. The maximum atomic E-state index is 12.8. The van der Waals surface area contributed by atoms with Gasteiger partial charge in [0.2, 0.25) is 0 Å². The summed E-state index contributed by atoms with van der Waals surface area (Å²) < 4.78 is 0. The molecule has 250 valence electrons. The van der Waals surface area contributed by atoms with Gasteiger partial charge in [-0.25, -0.2) is 4.79 Å². The maximum Gasteiger partial charge on any atom is 0.337 e. The van der Waals surface area contributed by atoms with Crippen LogP contribution in [0.15, 0.2) is 89.1 Å². The highest BCUT2D eigenvalue weighted by atomic mass is 35.5. The van der Waals surface area contributed by atoms with E-state index < -0.39 is 35.1 Å². The van der Waals surface area contributed by atoms with E-state index in [0.29, 0.717) is 22.5 Å². The van der Waals surface area contributed by atoms with E-state index in [1.165, 1.54) is 31.2 Å². The minimum Gasteiger partial charge on any atom is -0.478 e. The van der Waals surface area contributed by atoms with E-state index >= 15 is 0 Å². The third kappa shape index (κ3) is 9.15. The molecule has 0 saturated heterocycles. The largest absolute Gasteiger partial charge is 0.478 e. The predicted molar refractivity (Wildman–Crippen MR) is 192 cm³/mol. The molecule has 5 N–H and O–H groups in total. The monoisotopic (exact) mass is 700 g/mol. The first-order valence-corrected chi connectivity index (χ1v) is 15.3. The van der Waals surface area contributed by atoms with E-state index in [4.69, 9.17) is 23.2 Å². The first-order chi connectivity index (χ1) is 23.2. The molecule has 0 radical (unpaired) electrons. The van der Waals surface area contributed by atoms with Crippen LogP contribution in [-0.2, 0) is 19.2 Å². The molecule has 2 amide bonds. The number of anilines is 4. The number of aromatic carboxylic acids is 1. The third-order valence-corrected chi connectivity index (χ3v) is 7.61. The van der Waals surface area contributed by atoms with Crippen molar-refractivity contribution < 1.29 is 29.1 Å². The van der Waals surface area contributed by atoms with Gasteiger partial charge in [0.05, 0.1) is 32.7 Å². The Labute approximate surface area is 291 Å². The Morgan fingerprint density at radius 3 is 1.53 bits per heavy atom. The van der Waals surface area contributed by atoms with Gasteiger partial charge in [0.1, 0.15) is 0 Å². The lowest BCUT2D eigenvalue weighted by molar-refractivity contribution is -0.116. The first-order valence-electron chi connectivity index (χ1n) is 14.6. The Bertz CT molecular complexity index is 2060. The summed E-state index contributed by atoms with van der Waals surface area (Å²) in [5.41, 5.74) is 8.66. The van der Waals surface area contributed by atoms with Crippen LogP contribution < -0.4 is 21.5 Å². The Hall–Kier alpha value is -5.85. The van der Waals surface area contributed by atoms with Gasteiger partial charge >= 0.3 is 5.97 Å². The van der Waals surface area contributed by atoms with E-state index in [0.717, 1.165) is 18.1 Å². The molecule has 0 heterocycles. The van der Waals surface area contributed by atoms with Crippen molar-refractivity contribution in [2.24, 2.45) is 10.2 Å². The Balaban J connectivity index is 1.48. The lowest BCUT2D eigenvalue weighted by Gasteiger charge is -2.12. The molecule has 12 nitrogen and oxygen atoms in total. The molecule has 0 spiro atoms. The number of carboxylic acids is 1. The molecule has 0 unspecified atom stereocenters. The number of hydrazone groups is 2. The summed E-state index contributed by atoms with van der Waals surface area (Å²) >= 11 is 13.0. The van der Waals surface area contributed by atoms with Gasteiger partial charge in [0, 0.05) is 19.5 Å². The van der Waals surface area contributed by atoms with Crippen LogP contribution in [0.25, 0.3) is 11.1 Å². The van der Waals surface area contributed by atoms with Gasteiger partial charge in [-0.1, -0.05) is 65.2 Å². The smallest absolute Gasteiger partial charge is 0.337 e. The number of ketones is 2. The summed E-state index contributed by atoms with van der Waals surface area (Å²) in [7, 11) is 0. The summed E-state index contributed by atoms with van der Waals surface area (Å²) in [6.07, 6.45) is 0. The van der Waals surface area contributed by atoms with Crippen molar-refractivity contribution in [1.82, 2.24) is 0 Å². The molecule has 4 rings (SSSR count). The van der Waals surface area contributed by atoms with E-state index in [1.807, 2.05) is 26.0 Å². The van der Waals surface area contributed by atoms with Crippen molar-refractivity contribution >= 4 is 86.7 Å². The van der Waals surface area contributed by atoms with Crippen LogP contribution in [0, 0.1) is 13.8 Å². The molecule has 0 aromatic heterocycles. The number of amides is 2. The number of carbonyl (C=O) groups is 5. The maximum absolute atomic E-state index is 12.8. The van der Waals surface area contributed by atoms with Crippen molar-refractivity contribution in [3.8, 4) is 11.1 Å². The second kappa shape index (κ2) is 15.8. The second-order valence-electron chi connectivity index (χ2n) is 10.7. The van der Waals surface area contributed by atoms with Crippen LogP contribution in [0.4, 0.5) is 22.7 Å². The molecule has 49 heavy (non-hydrogen) atoms. The van der Waals surface area contributed by atoms with E-state index in [9.17, 15) is 29.1 Å². The number of Topliss-reactive ketones (excluding diaryl/α,β-unsaturated/α-hetero) is 2. The van der Waals surface area contributed by atoms with Crippen molar-refractivity contribution in [3.05, 3.63) is 106 Å². The van der Waals surface area contributed by atoms with Crippen LogP contribution >= 0.6 is 23.2 Å². The molecular weight excluding hydrogens is 671 g/mol. The van der Waals surface area contributed by atoms with Crippen LogP contribution in [0.5, 0.6) is 0 Å². The zero-order chi connectivity index (χ0) is 35.8. The number of carboxylic acid groups (broad SMARTS) is 1. The average Bonchev–Trinajstić information content (AvgIpc) is 3.03. The summed E-state index contributed by atoms with van der Waals surface area (Å²) in [6, 6.07) is 21.1. The van der Waals surface area contributed by atoms with Gasteiger partial charge in [-0.15, -0.1) is 0 Å². The van der Waals surface area contributed by atoms with Crippen LogP contribution in [0.2, 0.25) is 10.0 Å². The van der Waals surface area contributed by atoms with Crippen molar-refractivity contribution in [3.63, 3.8) is 0 Å². The summed E-state index contributed by atoms with van der Waals surface area (Å²) in [6.45, 7) is 6.15. The fraction of sp³-hybridized carbons (Fsp3) is 0.114. The highest BCUT2D eigenvalue weighted by Crippen LogP contribution is 2.33. The number of para-hydroxylation sites is 1. The van der Waals surface area contributed by atoms with Gasteiger partial charge in [-0.05, 0) is 73.0 Å². The van der Waals surface area contributed by atoms with Gasteiger partial charge in [0.15, 0.2) is 23.0 Å². The SMILES string of the molecule is CC(=O)C(=NNc1ccc(-c2ccc(N/N=C(/C(C)=O)C(=O)Nc3ccc(C)cc3C)c(Cl)c2)cc1Cl)C(=O)Nc1ccccc1C(=O)O. The van der Waals surface area contributed by atoms with Gasteiger partial charge < -0.3 is 15.7 Å². The minimum atomic E-state index is -1.25. The van der Waals surface area contributed by atoms with Gasteiger partial charge in [-0.2, -0.15) is 10.2 Å². The molecular formula is C35H30Cl2N6O6. The molecule has 0 saturated carbocycles. The quantitative estimate of drug-likeness (QED) is 0.0597. The average molecular weight is 702 g/mol. The second-order valence-corrected chi connectivity index (χ2v) is 11.5. The van der Waals surface area contributed by atoms with Gasteiger partial charge in [-0.3, -0.25) is 30.0 Å². The van der Waals surface area contributed by atoms with E-state index in [1.54, 1.807) is 42.5 Å². The molecule has 0 aliphatic heterocycles. The van der Waals surface area contributed by atoms with Crippen LogP contribution in [0.1, 0.15) is 35.3 Å². The number of carbonyl (C=O) groups excluding carboxylic acids is 4. The van der Waals surface area contributed by atoms with Crippen LogP contribution in [0.3, 0.4) is 0 Å². The summed E-state index contributed by atoms with van der Waals surface area (Å²) in [5.74, 6) is -4.05. The third-order valence-electron chi connectivity index (χ3n) is 6.98. The topological polar surface area (TPSA) is 178 Å². The molecule has 0 aliphatic rings. The van der Waals surface area contributed by atoms with E-state index in [-0.39, 0.29) is 32.7 Å². The summed E-state index contributed by atoms with van der Waals surface area (Å²) in [5, 5.41) is 22.8. The predicted octanol–water partition coefficient (Wildman–Crippen LogP) is 6.97. The lowest BCUT2D eigenvalue weighted by atomic mass is 10.0. The molecule has 4 aromatic rings. The molecule has 0 bridgehead atoms. The Morgan fingerprint density at radius 1 is 0.612 bits per heavy atom. The zero-order valence-electron chi connectivity index (χ0n) is 26.6. The first kappa shape index (κ1) is 36.0. The number of nitrogens with one attached hydrogen (secondary N) is 4. The number of aryl methyl sites for hydroxylation is 2. The number of nitrogens with zero attached hydrogens (tertiary/aromatic N) is 2. The number of rotatable bonds is 12. The molecule has 0 aliphatic carbocycles.